The fourth-order valence-electron chi connectivity index (χ4n) is 3.40. The van der Waals surface area contributed by atoms with E-state index < -0.39 is 17.9 Å². The van der Waals surface area contributed by atoms with E-state index in [1.54, 1.807) is 35.8 Å². The molecule has 0 radical (unpaired) electrons. The van der Waals surface area contributed by atoms with Crippen LogP contribution in [0.5, 0.6) is 11.5 Å². The first-order valence-electron chi connectivity index (χ1n) is 9.69. The van der Waals surface area contributed by atoms with Gasteiger partial charge in [0, 0.05) is 24.7 Å². The Morgan fingerprint density at radius 1 is 1.00 bits per heavy atom. The fourth-order valence-corrected chi connectivity index (χ4v) is 3.40. The number of phenolic OH excluding ortho intramolecular Hbond substituents is 2. The summed E-state index contributed by atoms with van der Waals surface area (Å²) in [6, 6.07) is 11.6. The van der Waals surface area contributed by atoms with Gasteiger partial charge in [-0.1, -0.05) is 24.3 Å². The molecule has 0 aliphatic carbocycles. The van der Waals surface area contributed by atoms with E-state index in [-0.39, 0.29) is 30.5 Å². The summed E-state index contributed by atoms with van der Waals surface area (Å²) in [5.41, 5.74) is 2.52. The first kappa shape index (κ1) is 21.8. The third-order valence-electron chi connectivity index (χ3n) is 5.02. The van der Waals surface area contributed by atoms with Crippen molar-refractivity contribution < 1.29 is 29.8 Å². The van der Waals surface area contributed by atoms with Gasteiger partial charge in [-0.05, 0) is 42.3 Å². The number of benzene rings is 2. The van der Waals surface area contributed by atoms with Crippen LogP contribution in [0, 0.1) is 0 Å². The smallest absolute Gasteiger partial charge is 0.267 e. The van der Waals surface area contributed by atoms with Gasteiger partial charge in [-0.25, -0.2) is 5.48 Å². The average Bonchev–Trinajstić information content (AvgIpc) is 3.02. The monoisotopic (exact) mass is 425 g/mol. The Hall–Kier alpha value is -3.85. The van der Waals surface area contributed by atoms with Crippen molar-refractivity contribution in [3.05, 3.63) is 65.7 Å². The second-order valence-corrected chi connectivity index (χ2v) is 7.08. The van der Waals surface area contributed by atoms with Crippen molar-refractivity contribution >= 4 is 23.8 Å². The molecule has 3 rings (SSSR count). The molecule has 9 nitrogen and oxygen atoms in total. The van der Waals surface area contributed by atoms with E-state index >= 15 is 0 Å². The first-order chi connectivity index (χ1) is 14.9. The van der Waals surface area contributed by atoms with Crippen LogP contribution in [0.1, 0.15) is 22.3 Å². The number of hydrogen-bond acceptors (Lipinski definition) is 6. The third-order valence-corrected chi connectivity index (χ3v) is 5.02. The summed E-state index contributed by atoms with van der Waals surface area (Å²) in [5.74, 6) is -2.15. The van der Waals surface area contributed by atoms with Crippen molar-refractivity contribution in [3.8, 4) is 11.5 Å². The van der Waals surface area contributed by atoms with E-state index in [0.29, 0.717) is 24.1 Å². The molecular weight excluding hydrogens is 402 g/mol. The van der Waals surface area contributed by atoms with Crippen molar-refractivity contribution in [3.63, 3.8) is 0 Å². The van der Waals surface area contributed by atoms with E-state index in [1.807, 2.05) is 0 Å². The molecule has 162 valence electrons. The van der Waals surface area contributed by atoms with Gasteiger partial charge in [0.05, 0.1) is 6.54 Å². The molecule has 31 heavy (non-hydrogen) atoms. The molecule has 1 heterocycles. The Morgan fingerprint density at radius 2 is 1.74 bits per heavy atom. The zero-order valence-corrected chi connectivity index (χ0v) is 16.6. The van der Waals surface area contributed by atoms with Gasteiger partial charge in [0.25, 0.3) is 11.8 Å². The lowest BCUT2D eigenvalue weighted by Gasteiger charge is -2.29. The van der Waals surface area contributed by atoms with Gasteiger partial charge in [0.1, 0.15) is 6.04 Å². The number of carbonyl (C=O) groups is 3. The number of hydrogen-bond donors (Lipinski definition) is 4. The lowest BCUT2D eigenvalue weighted by Crippen LogP contribution is -2.53. The van der Waals surface area contributed by atoms with E-state index in [9.17, 15) is 29.8 Å². The summed E-state index contributed by atoms with van der Waals surface area (Å²) in [5, 5.41) is 28.1. The summed E-state index contributed by atoms with van der Waals surface area (Å²) in [4.78, 5) is 40.7. The van der Waals surface area contributed by atoms with Crippen LogP contribution in [0.15, 0.2) is 54.6 Å². The largest absolute Gasteiger partial charge is 0.504 e. The zero-order valence-electron chi connectivity index (χ0n) is 16.6. The maximum Gasteiger partial charge on any atom is 0.267 e. The topological polar surface area (TPSA) is 130 Å². The molecule has 1 aliphatic rings. The predicted molar refractivity (Wildman–Crippen MR) is 111 cm³/mol. The summed E-state index contributed by atoms with van der Waals surface area (Å²) in [6.45, 7) is 0.489. The minimum atomic E-state index is -1.08. The van der Waals surface area contributed by atoms with Crippen LogP contribution in [0.3, 0.4) is 0 Å². The van der Waals surface area contributed by atoms with Gasteiger partial charge >= 0.3 is 0 Å². The minimum Gasteiger partial charge on any atom is -0.504 e. The number of nitrogens with one attached hydrogen (secondary N) is 1. The normalized spacial score (nSPS) is 16.7. The van der Waals surface area contributed by atoms with Crippen molar-refractivity contribution in [2.45, 2.75) is 12.5 Å². The zero-order chi connectivity index (χ0) is 22.4. The molecule has 1 saturated heterocycles. The van der Waals surface area contributed by atoms with Crippen molar-refractivity contribution in [2.24, 2.45) is 0 Å². The molecule has 1 atom stereocenters. The lowest BCUT2D eigenvalue weighted by atomic mass is 10.1. The summed E-state index contributed by atoms with van der Waals surface area (Å²) in [6.07, 6.45) is 3.12. The van der Waals surface area contributed by atoms with Crippen LogP contribution in [-0.2, 0) is 9.59 Å². The predicted octanol–water partition coefficient (Wildman–Crippen LogP) is 1.36. The maximum atomic E-state index is 12.8. The number of amides is 3. The lowest BCUT2D eigenvalue weighted by molar-refractivity contribution is -0.141. The van der Waals surface area contributed by atoms with E-state index in [1.165, 1.54) is 40.2 Å². The number of phenols is 2. The molecular formula is C22H23N3O6. The Balaban J connectivity index is 1.79. The Morgan fingerprint density at radius 3 is 2.42 bits per heavy atom. The highest BCUT2D eigenvalue weighted by molar-refractivity contribution is 5.97. The van der Waals surface area contributed by atoms with Crippen LogP contribution in [0.25, 0.3) is 6.08 Å². The van der Waals surface area contributed by atoms with E-state index in [2.05, 4.69) is 0 Å². The van der Waals surface area contributed by atoms with Gasteiger partial charge < -0.3 is 20.0 Å². The van der Waals surface area contributed by atoms with E-state index in [4.69, 9.17) is 0 Å². The number of hydroxylamine groups is 1. The molecule has 9 heteroatoms. The van der Waals surface area contributed by atoms with Crippen LogP contribution in [-0.4, -0.2) is 68.6 Å². The van der Waals surface area contributed by atoms with Gasteiger partial charge in [-0.15, -0.1) is 0 Å². The number of aromatic hydroxyl groups is 2. The summed E-state index contributed by atoms with van der Waals surface area (Å²) < 4.78 is 0. The number of carbonyl (C=O) groups excluding carboxylic acids is 3. The molecule has 0 bridgehead atoms. The number of rotatable bonds is 4. The van der Waals surface area contributed by atoms with Gasteiger partial charge in [-0.2, -0.15) is 0 Å². The highest BCUT2D eigenvalue weighted by atomic mass is 16.5. The summed E-state index contributed by atoms with van der Waals surface area (Å²) >= 11 is 0. The Labute approximate surface area is 178 Å². The van der Waals surface area contributed by atoms with Crippen LogP contribution in [0.4, 0.5) is 0 Å². The minimum absolute atomic E-state index is 0.0697. The van der Waals surface area contributed by atoms with Crippen LogP contribution < -0.4 is 5.48 Å². The highest BCUT2D eigenvalue weighted by Crippen LogP contribution is 2.25. The van der Waals surface area contributed by atoms with Crippen molar-refractivity contribution in [1.82, 2.24) is 15.3 Å². The second-order valence-electron chi connectivity index (χ2n) is 7.08. The highest BCUT2D eigenvalue weighted by Gasteiger charge is 2.34. The molecule has 3 amide bonds. The van der Waals surface area contributed by atoms with Crippen molar-refractivity contribution in [1.29, 1.82) is 0 Å². The fraction of sp³-hybridized carbons (Fsp3) is 0.227. The first-order valence-corrected chi connectivity index (χ1v) is 9.69. The molecule has 2 aromatic carbocycles. The van der Waals surface area contributed by atoms with Gasteiger partial charge in [0.2, 0.25) is 5.91 Å². The van der Waals surface area contributed by atoms with E-state index in [0.717, 1.165) is 0 Å². The Bertz CT molecular complexity index is 992. The maximum absolute atomic E-state index is 12.8. The molecule has 0 spiro atoms. The molecule has 1 unspecified atom stereocenters. The molecule has 1 aliphatic heterocycles. The number of nitrogens with zero attached hydrogens (tertiary/aromatic N) is 2. The standard InChI is InChI=1S/C22H23N3O6/c26-18-9-7-15(13-19(18)27)8-10-20(28)25-12-4-11-24(14-17(25)21(29)23-31)22(30)16-5-2-1-3-6-16/h1-3,5-10,13,17,26-27,31H,4,11-12,14H2,(H,23,29)/b10-8+. The quantitative estimate of drug-likeness (QED) is 0.253. The molecule has 0 saturated carbocycles. The van der Waals surface area contributed by atoms with Crippen LogP contribution in [0.2, 0.25) is 0 Å². The second kappa shape index (κ2) is 9.77. The average molecular weight is 425 g/mol. The van der Waals surface area contributed by atoms with Gasteiger partial charge in [-0.3, -0.25) is 19.6 Å². The third kappa shape index (κ3) is 5.20. The van der Waals surface area contributed by atoms with Gasteiger partial charge in [0.15, 0.2) is 11.5 Å². The SMILES string of the molecule is O=C(NO)C1CN(C(=O)c2ccccc2)CCCN1C(=O)/C=C/c1ccc(O)c(O)c1. The summed E-state index contributed by atoms with van der Waals surface area (Å²) in [7, 11) is 0. The molecule has 2 aromatic rings. The van der Waals surface area contributed by atoms with Crippen LogP contribution >= 0.6 is 0 Å². The Kier molecular flexibility index (Phi) is 6.88. The molecule has 4 N–H and O–H groups in total. The molecule has 0 aromatic heterocycles. The molecule has 1 fully saturated rings. The van der Waals surface area contributed by atoms with Crippen molar-refractivity contribution in [2.75, 3.05) is 19.6 Å².